The molecule has 36 heavy (non-hydrogen) atoms. The maximum Gasteiger partial charge on any atom is 0.333 e. The average molecular weight is 513 g/mol. The van der Waals surface area contributed by atoms with Crippen molar-refractivity contribution in [2.75, 3.05) is 13.7 Å². The molecule has 0 bridgehead atoms. The third-order valence-corrected chi connectivity index (χ3v) is 7.31. The minimum absolute atomic E-state index is 0.0205. The van der Waals surface area contributed by atoms with Gasteiger partial charge in [0.2, 0.25) is 5.91 Å². The fraction of sp³-hybridized carbons (Fsp3) is 0.346. The highest BCUT2D eigenvalue weighted by Crippen LogP contribution is 2.42. The van der Waals surface area contributed by atoms with E-state index in [1.807, 2.05) is 0 Å². The van der Waals surface area contributed by atoms with Crippen molar-refractivity contribution in [2.45, 2.75) is 43.0 Å². The smallest absolute Gasteiger partial charge is 0.333 e. The van der Waals surface area contributed by atoms with Gasteiger partial charge in [-0.05, 0) is 53.7 Å². The van der Waals surface area contributed by atoms with Crippen LogP contribution in [-0.4, -0.2) is 70.2 Å². The van der Waals surface area contributed by atoms with Crippen molar-refractivity contribution in [3.05, 3.63) is 76.7 Å². The highest BCUT2D eigenvalue weighted by molar-refractivity contribution is 8.03. The molecular formula is C26H28N2O7S. The van der Waals surface area contributed by atoms with Gasteiger partial charge in [-0.15, -0.1) is 11.8 Å². The number of nitrogens with zero attached hydrogens (tertiary/aromatic N) is 1. The second-order valence-electron chi connectivity index (χ2n) is 8.45. The standard InChI is InChI=1S/C26H28N2O7S/c1-34-18-11-9-16(10-12-18)14-35-26(33)22-19(20(30)8-5-13-29)15-36-25-21(24(32)28(22)25)27-23(31)17-6-3-2-4-7-17/h2-4,6-7,9-12,15,20-22,25,29-30H,5,8,13-14H2,1H3,(H,27,31)/t20?,21-,22?,25?/m1/s1. The van der Waals surface area contributed by atoms with E-state index in [-0.39, 0.29) is 25.5 Å². The molecule has 10 heteroatoms. The monoisotopic (exact) mass is 512 g/mol. The van der Waals surface area contributed by atoms with E-state index in [4.69, 9.17) is 14.6 Å². The van der Waals surface area contributed by atoms with Crippen LogP contribution in [0.4, 0.5) is 0 Å². The number of fused-ring (bicyclic) bond motifs is 1. The zero-order valence-electron chi connectivity index (χ0n) is 19.7. The quantitative estimate of drug-likeness (QED) is 0.325. The molecule has 9 nitrogen and oxygen atoms in total. The Morgan fingerprint density at radius 1 is 1.14 bits per heavy atom. The van der Waals surface area contributed by atoms with Crippen molar-refractivity contribution in [3.8, 4) is 5.75 Å². The molecule has 0 spiro atoms. The molecule has 2 amide bonds. The number of amides is 2. The molecular weight excluding hydrogens is 484 g/mol. The zero-order chi connectivity index (χ0) is 25.7. The van der Waals surface area contributed by atoms with Crippen molar-refractivity contribution in [1.29, 1.82) is 0 Å². The molecule has 4 atom stereocenters. The number of rotatable bonds is 10. The lowest BCUT2D eigenvalue weighted by molar-refractivity contribution is -0.163. The summed E-state index contributed by atoms with van der Waals surface area (Å²) in [6.07, 6.45) is -0.467. The number of methoxy groups -OCH3 is 1. The molecule has 0 radical (unpaired) electrons. The van der Waals surface area contributed by atoms with Crippen LogP contribution < -0.4 is 10.1 Å². The lowest BCUT2D eigenvalue weighted by Crippen LogP contribution is -2.74. The van der Waals surface area contributed by atoms with E-state index in [1.165, 1.54) is 16.7 Å². The van der Waals surface area contributed by atoms with Crippen molar-refractivity contribution in [3.63, 3.8) is 0 Å². The van der Waals surface area contributed by atoms with Gasteiger partial charge in [-0.3, -0.25) is 9.59 Å². The van der Waals surface area contributed by atoms with Gasteiger partial charge in [-0.25, -0.2) is 4.79 Å². The lowest BCUT2D eigenvalue weighted by Gasteiger charge is -2.52. The second kappa shape index (κ2) is 11.6. The van der Waals surface area contributed by atoms with E-state index in [1.54, 1.807) is 67.1 Å². The number of carbonyl (C=O) groups is 3. The first-order valence-corrected chi connectivity index (χ1v) is 12.5. The number of hydrogen-bond acceptors (Lipinski definition) is 8. The van der Waals surface area contributed by atoms with Gasteiger partial charge in [0.05, 0.1) is 13.2 Å². The summed E-state index contributed by atoms with van der Waals surface area (Å²) in [5.41, 5.74) is 1.50. The van der Waals surface area contributed by atoms with Gasteiger partial charge in [-0.2, -0.15) is 0 Å². The van der Waals surface area contributed by atoms with Crippen LogP contribution in [0.25, 0.3) is 0 Å². The Morgan fingerprint density at radius 3 is 2.53 bits per heavy atom. The molecule has 4 rings (SSSR count). The first kappa shape index (κ1) is 25.7. The predicted octanol–water partition coefficient (Wildman–Crippen LogP) is 1.84. The van der Waals surface area contributed by atoms with Crippen LogP contribution in [0.1, 0.15) is 28.8 Å². The summed E-state index contributed by atoms with van der Waals surface area (Å²) in [7, 11) is 1.56. The third-order valence-electron chi connectivity index (χ3n) is 6.12. The number of carbonyl (C=O) groups excluding carboxylic acids is 3. The van der Waals surface area contributed by atoms with E-state index >= 15 is 0 Å². The predicted molar refractivity (Wildman–Crippen MR) is 133 cm³/mol. The highest BCUT2D eigenvalue weighted by atomic mass is 32.2. The summed E-state index contributed by atoms with van der Waals surface area (Å²) in [5.74, 6) is -0.815. The number of esters is 1. The van der Waals surface area contributed by atoms with Gasteiger partial charge in [0.15, 0.2) is 6.04 Å². The van der Waals surface area contributed by atoms with E-state index in [0.29, 0.717) is 23.3 Å². The Balaban J connectivity index is 1.50. The van der Waals surface area contributed by atoms with Crippen molar-refractivity contribution in [1.82, 2.24) is 10.2 Å². The average Bonchev–Trinajstić information content (AvgIpc) is 2.92. The van der Waals surface area contributed by atoms with Gasteiger partial charge in [0, 0.05) is 12.2 Å². The molecule has 0 aromatic heterocycles. The molecule has 3 unspecified atom stereocenters. The Bertz CT molecular complexity index is 1120. The summed E-state index contributed by atoms with van der Waals surface area (Å²) in [4.78, 5) is 40.3. The first-order valence-electron chi connectivity index (χ1n) is 11.6. The number of benzene rings is 2. The molecule has 1 fully saturated rings. The van der Waals surface area contributed by atoms with Crippen molar-refractivity contribution < 1.29 is 34.1 Å². The largest absolute Gasteiger partial charge is 0.497 e. The fourth-order valence-electron chi connectivity index (χ4n) is 4.14. The molecule has 1 saturated heterocycles. The Labute approximate surface area is 213 Å². The second-order valence-corrected chi connectivity index (χ2v) is 9.44. The van der Waals surface area contributed by atoms with Crippen LogP contribution in [0.5, 0.6) is 5.75 Å². The van der Waals surface area contributed by atoms with Crippen LogP contribution in [0.3, 0.4) is 0 Å². The third kappa shape index (κ3) is 5.40. The minimum atomic E-state index is -1.12. The Hall–Kier alpha value is -3.34. The maximum atomic E-state index is 13.2. The number of nitrogens with one attached hydrogen (secondary N) is 1. The molecule has 0 aliphatic carbocycles. The molecule has 2 aliphatic rings. The van der Waals surface area contributed by atoms with E-state index in [9.17, 15) is 19.5 Å². The summed E-state index contributed by atoms with van der Waals surface area (Å²) >= 11 is 1.26. The van der Waals surface area contributed by atoms with E-state index in [2.05, 4.69) is 5.32 Å². The van der Waals surface area contributed by atoms with Crippen molar-refractivity contribution in [2.24, 2.45) is 0 Å². The van der Waals surface area contributed by atoms with Crippen LogP contribution in [-0.2, 0) is 20.9 Å². The van der Waals surface area contributed by atoms with Gasteiger partial charge in [-0.1, -0.05) is 30.3 Å². The molecule has 190 valence electrons. The van der Waals surface area contributed by atoms with Gasteiger partial charge in [0.25, 0.3) is 5.91 Å². The topological polar surface area (TPSA) is 125 Å². The number of aliphatic hydroxyl groups is 2. The molecule has 0 saturated carbocycles. The van der Waals surface area contributed by atoms with Gasteiger partial charge < -0.3 is 29.9 Å². The number of ether oxygens (including phenoxy) is 2. The first-order chi connectivity index (χ1) is 17.4. The van der Waals surface area contributed by atoms with Crippen molar-refractivity contribution >= 4 is 29.5 Å². The summed E-state index contributed by atoms with van der Waals surface area (Å²) in [5, 5.41) is 23.8. The molecule has 2 heterocycles. The lowest BCUT2D eigenvalue weighted by atomic mass is 9.93. The molecule has 3 N–H and O–H groups in total. The molecule has 2 aliphatic heterocycles. The number of aliphatic hydroxyl groups excluding tert-OH is 2. The summed E-state index contributed by atoms with van der Waals surface area (Å²) in [6.45, 7) is -0.129. The number of β-lactam (4-membered cyclic amide) rings is 1. The molecule has 2 aromatic carbocycles. The van der Waals surface area contributed by atoms with Crippen LogP contribution in [0.15, 0.2) is 65.6 Å². The van der Waals surface area contributed by atoms with Crippen LogP contribution in [0.2, 0.25) is 0 Å². The molecule has 2 aromatic rings. The fourth-order valence-corrected chi connectivity index (χ4v) is 5.42. The van der Waals surface area contributed by atoms with Gasteiger partial charge >= 0.3 is 5.97 Å². The van der Waals surface area contributed by atoms with Crippen LogP contribution >= 0.6 is 11.8 Å². The van der Waals surface area contributed by atoms with Gasteiger partial charge in [0.1, 0.15) is 23.8 Å². The SMILES string of the molecule is COc1ccc(COC(=O)C2C(C(O)CCCO)=CSC3[C@H](NC(=O)c4ccccc4)C(=O)N23)cc1. The maximum absolute atomic E-state index is 13.2. The zero-order valence-corrected chi connectivity index (χ0v) is 20.5. The summed E-state index contributed by atoms with van der Waals surface area (Å²) in [6, 6.07) is 13.7. The van der Waals surface area contributed by atoms with E-state index < -0.39 is 35.4 Å². The number of hydrogen-bond donors (Lipinski definition) is 3. The normalized spacial score (nSPS) is 21.5. The minimum Gasteiger partial charge on any atom is -0.497 e. The van der Waals surface area contributed by atoms with Crippen LogP contribution in [0, 0.1) is 0 Å². The summed E-state index contributed by atoms with van der Waals surface area (Å²) < 4.78 is 10.7. The Kier molecular flexibility index (Phi) is 8.29. The Morgan fingerprint density at radius 2 is 1.86 bits per heavy atom. The number of thioether (sulfide) groups is 1. The van der Waals surface area contributed by atoms with E-state index in [0.717, 1.165) is 5.56 Å². The highest BCUT2D eigenvalue weighted by Gasteiger charge is 2.56.